The second-order valence-electron chi connectivity index (χ2n) is 15.1. The van der Waals surface area contributed by atoms with Gasteiger partial charge in [0.2, 0.25) is 0 Å². The first-order valence-electron chi connectivity index (χ1n) is 19.8. The summed E-state index contributed by atoms with van der Waals surface area (Å²) in [5.74, 6) is 0. The molecule has 0 amide bonds. The monoisotopic (exact) mass is 757 g/mol. The molecule has 5 heteroatoms. The Kier molecular flexibility index (Phi) is 7.21. The van der Waals surface area contributed by atoms with E-state index in [0.29, 0.717) is 0 Å². The van der Waals surface area contributed by atoms with Crippen molar-refractivity contribution in [2.75, 3.05) is 0 Å². The molecule has 4 heterocycles. The van der Waals surface area contributed by atoms with Crippen molar-refractivity contribution in [3.8, 4) is 11.4 Å². The average Bonchev–Trinajstić information content (AvgIpc) is 3.96. The molecule has 0 atom stereocenters. The van der Waals surface area contributed by atoms with Crippen LogP contribution in [-0.2, 0) is 0 Å². The van der Waals surface area contributed by atoms with E-state index in [1.165, 1.54) is 58.8 Å². The molecule has 0 bridgehead atoms. The number of furan rings is 1. The first kappa shape index (κ1) is 32.7. The van der Waals surface area contributed by atoms with Gasteiger partial charge in [0.05, 0.1) is 33.6 Å². The lowest BCUT2D eigenvalue weighted by atomic mass is 10.1. The highest BCUT2D eigenvalue weighted by molar-refractivity contribution is 7.19. The molecule has 0 aliphatic heterocycles. The zero-order chi connectivity index (χ0) is 38.2. The van der Waals surface area contributed by atoms with Crippen LogP contribution in [0.5, 0.6) is 0 Å². The van der Waals surface area contributed by atoms with Crippen LogP contribution >= 0.6 is 0 Å². The van der Waals surface area contributed by atoms with Crippen LogP contribution in [0.2, 0.25) is 0 Å². The fourth-order valence-corrected chi connectivity index (χ4v) is 14.5. The number of hydrogen-bond acceptors (Lipinski definition) is 2. The Labute approximate surface area is 335 Å². The lowest BCUT2D eigenvalue weighted by molar-refractivity contribution is 0.669. The Morgan fingerprint density at radius 2 is 0.966 bits per heavy atom. The minimum atomic E-state index is -2.92. The van der Waals surface area contributed by atoms with E-state index in [2.05, 4.69) is 208 Å². The number of nitrogens with zero attached hydrogens (tertiary/aromatic N) is 3. The third kappa shape index (κ3) is 4.65. The molecule has 0 aliphatic rings. The van der Waals surface area contributed by atoms with Crippen molar-refractivity contribution in [3.05, 3.63) is 213 Å². The van der Waals surface area contributed by atoms with E-state index in [1.54, 1.807) is 0 Å². The number of aromatic nitrogens is 3. The molecule has 12 rings (SSSR count). The van der Waals surface area contributed by atoms with Gasteiger partial charge in [-0.3, -0.25) is 4.98 Å². The first-order chi connectivity index (χ1) is 28.8. The third-order valence-electron chi connectivity index (χ3n) is 12.2. The van der Waals surface area contributed by atoms with Crippen molar-refractivity contribution in [2.45, 2.75) is 0 Å². The molecule has 4 aromatic heterocycles. The van der Waals surface area contributed by atoms with Crippen molar-refractivity contribution >= 4 is 94.4 Å². The van der Waals surface area contributed by atoms with Crippen molar-refractivity contribution < 1.29 is 4.42 Å². The number of rotatable bonds is 6. The largest absolute Gasteiger partial charge is 0.456 e. The summed E-state index contributed by atoms with van der Waals surface area (Å²) in [7, 11) is -2.92. The highest BCUT2D eigenvalue weighted by Crippen LogP contribution is 2.40. The molecule has 0 fully saturated rings. The second kappa shape index (κ2) is 12.8. The van der Waals surface area contributed by atoms with Gasteiger partial charge in [-0.25, -0.2) is 0 Å². The first-order valence-corrected chi connectivity index (χ1v) is 21.8. The summed E-state index contributed by atoms with van der Waals surface area (Å²) in [5.41, 5.74) is 8.64. The van der Waals surface area contributed by atoms with E-state index in [-0.39, 0.29) is 0 Å². The maximum absolute atomic E-state index is 6.43. The van der Waals surface area contributed by atoms with Crippen molar-refractivity contribution in [1.82, 2.24) is 14.1 Å². The number of para-hydroxylation sites is 3. The van der Waals surface area contributed by atoms with E-state index in [0.717, 1.165) is 38.8 Å². The van der Waals surface area contributed by atoms with Crippen LogP contribution in [0.25, 0.3) is 76.9 Å². The van der Waals surface area contributed by atoms with Gasteiger partial charge in [0, 0.05) is 44.5 Å². The van der Waals surface area contributed by atoms with E-state index < -0.39 is 8.07 Å². The van der Waals surface area contributed by atoms with Gasteiger partial charge >= 0.3 is 0 Å². The summed E-state index contributed by atoms with van der Waals surface area (Å²) < 4.78 is 11.2. The molecule has 8 aromatic carbocycles. The third-order valence-corrected chi connectivity index (χ3v) is 16.9. The van der Waals surface area contributed by atoms with Gasteiger partial charge < -0.3 is 13.6 Å². The molecule has 12 aromatic rings. The fraction of sp³-hybridized carbons (Fsp3) is 0. The summed E-state index contributed by atoms with van der Waals surface area (Å²) in [6, 6.07) is 73.3. The van der Waals surface area contributed by atoms with E-state index in [4.69, 9.17) is 4.42 Å². The van der Waals surface area contributed by atoms with Crippen LogP contribution in [0.1, 0.15) is 0 Å². The Morgan fingerprint density at radius 1 is 0.379 bits per heavy atom. The van der Waals surface area contributed by atoms with Crippen LogP contribution in [0.15, 0.2) is 217 Å². The molecule has 0 radical (unpaired) electrons. The zero-order valence-corrected chi connectivity index (χ0v) is 32.5. The normalized spacial score (nSPS) is 12.1. The summed E-state index contributed by atoms with van der Waals surface area (Å²) in [4.78, 5) is 4.58. The molecule has 272 valence electrons. The SMILES string of the molecule is c1ccc([Si](c2ccccc2)(c2ccc(-n3c4ccccc4c4ccc5oc6ccccc6c5c43)cc2)c2cccc(-n3c4ccccc4c4ccncc43)c2)cc1. The van der Waals surface area contributed by atoms with E-state index in [9.17, 15) is 0 Å². The highest BCUT2D eigenvalue weighted by Gasteiger charge is 2.41. The molecule has 0 unspecified atom stereocenters. The molecule has 0 spiro atoms. The maximum Gasteiger partial charge on any atom is 0.179 e. The predicted molar refractivity (Wildman–Crippen MR) is 244 cm³/mol. The summed E-state index contributed by atoms with van der Waals surface area (Å²) >= 11 is 0. The van der Waals surface area contributed by atoms with Gasteiger partial charge in [-0.1, -0.05) is 140 Å². The zero-order valence-electron chi connectivity index (χ0n) is 31.5. The molecule has 58 heavy (non-hydrogen) atoms. The minimum Gasteiger partial charge on any atom is -0.456 e. The van der Waals surface area contributed by atoms with Gasteiger partial charge in [-0.15, -0.1) is 0 Å². The van der Waals surface area contributed by atoms with E-state index >= 15 is 0 Å². The molecule has 0 N–H and O–H groups in total. The molecule has 0 aliphatic carbocycles. The van der Waals surface area contributed by atoms with Crippen LogP contribution < -0.4 is 20.7 Å². The molecular formula is C53H35N3OSi. The quantitative estimate of drug-likeness (QED) is 0.125. The van der Waals surface area contributed by atoms with Gasteiger partial charge in [0.1, 0.15) is 11.2 Å². The second-order valence-corrected chi connectivity index (χ2v) is 18.9. The molecule has 4 nitrogen and oxygen atoms in total. The number of benzene rings is 8. The summed E-state index contributed by atoms with van der Waals surface area (Å²) in [6.07, 6.45) is 3.88. The van der Waals surface area contributed by atoms with Crippen LogP contribution in [-0.4, -0.2) is 22.2 Å². The molecular weight excluding hydrogens is 723 g/mol. The minimum absolute atomic E-state index is 0.896. The predicted octanol–water partition coefficient (Wildman–Crippen LogP) is 10.6. The van der Waals surface area contributed by atoms with Gasteiger partial charge in [-0.05, 0) is 81.4 Å². The number of fused-ring (bicyclic) bond motifs is 10. The standard InChI is InChI=1S/C53H35N3OSi/c1-3-15-38(16-4-1)58(39-17-5-2-6-18-39,41-19-13-14-37(34-41)55-47-23-10-7-20-42(47)44-32-33-54-35-49(44)55)40-28-26-36(27-29-40)56-48-24-11-8-21-43(48)45-30-31-51-52(53(45)56)46-22-9-12-25-50(46)57-51/h1-35H. The maximum atomic E-state index is 6.43. The molecule has 0 saturated carbocycles. The smallest absolute Gasteiger partial charge is 0.179 e. The van der Waals surface area contributed by atoms with Gasteiger partial charge in [0.25, 0.3) is 0 Å². The highest BCUT2D eigenvalue weighted by atomic mass is 28.3. The van der Waals surface area contributed by atoms with Gasteiger partial charge in [-0.2, -0.15) is 0 Å². The number of hydrogen-bond donors (Lipinski definition) is 0. The van der Waals surface area contributed by atoms with Gasteiger partial charge in [0.15, 0.2) is 8.07 Å². The average molecular weight is 758 g/mol. The Bertz CT molecular complexity index is 3420. The Balaban J connectivity index is 1.12. The van der Waals surface area contributed by atoms with Crippen LogP contribution in [0, 0.1) is 0 Å². The van der Waals surface area contributed by atoms with Crippen molar-refractivity contribution in [3.63, 3.8) is 0 Å². The topological polar surface area (TPSA) is 35.9 Å². The van der Waals surface area contributed by atoms with E-state index in [1.807, 2.05) is 18.5 Å². The summed E-state index contributed by atoms with van der Waals surface area (Å²) in [6.45, 7) is 0. The summed E-state index contributed by atoms with van der Waals surface area (Å²) in [5, 5.41) is 12.4. The van der Waals surface area contributed by atoms with Crippen molar-refractivity contribution in [1.29, 1.82) is 0 Å². The van der Waals surface area contributed by atoms with Crippen LogP contribution in [0.4, 0.5) is 0 Å². The lowest BCUT2D eigenvalue weighted by Crippen LogP contribution is -2.74. The van der Waals surface area contributed by atoms with Crippen LogP contribution in [0.3, 0.4) is 0 Å². The number of pyridine rings is 1. The fourth-order valence-electron chi connectivity index (χ4n) is 9.74. The van der Waals surface area contributed by atoms with Crippen molar-refractivity contribution in [2.24, 2.45) is 0 Å². The Hall–Kier alpha value is -7.47. The Morgan fingerprint density at radius 3 is 1.71 bits per heavy atom. The molecule has 0 saturated heterocycles. The lowest BCUT2D eigenvalue weighted by Gasteiger charge is -2.35.